The highest BCUT2D eigenvalue weighted by Crippen LogP contribution is 2.28. The van der Waals surface area contributed by atoms with Crippen molar-refractivity contribution in [2.45, 2.75) is 0 Å². The van der Waals surface area contributed by atoms with E-state index in [0.29, 0.717) is 16.3 Å². The minimum absolute atomic E-state index is 0.150. The average molecular weight is 267 g/mol. The molecule has 2 rings (SSSR count). The fourth-order valence-electron chi connectivity index (χ4n) is 1.39. The molecular formula is C12H5BrF2. The first kappa shape index (κ1) is 10.1. The van der Waals surface area contributed by atoms with Crippen LogP contribution in [0.2, 0.25) is 0 Å². The second kappa shape index (κ2) is 3.63. The molecule has 0 fully saturated rings. The number of fused-ring (bicyclic) bond motifs is 1. The standard InChI is InChI=1S/C12H5BrF2/c1-2-7-3-4-9-8(5-7)6-10(14)11(13)12(9)15/h1,3-6H. The predicted molar refractivity (Wildman–Crippen MR) is 59.5 cm³/mol. The van der Waals surface area contributed by atoms with Gasteiger partial charge in [0, 0.05) is 10.9 Å². The molecular weight excluding hydrogens is 262 g/mol. The van der Waals surface area contributed by atoms with Gasteiger partial charge in [0.15, 0.2) is 0 Å². The van der Waals surface area contributed by atoms with Crippen LogP contribution in [0.15, 0.2) is 28.7 Å². The Morgan fingerprint density at radius 3 is 2.60 bits per heavy atom. The predicted octanol–water partition coefficient (Wildman–Crippen LogP) is 3.86. The summed E-state index contributed by atoms with van der Waals surface area (Å²) in [7, 11) is 0. The summed E-state index contributed by atoms with van der Waals surface area (Å²) in [6.07, 6.45) is 5.20. The maximum atomic E-state index is 13.6. The van der Waals surface area contributed by atoms with Crippen LogP contribution in [0.25, 0.3) is 10.8 Å². The summed E-state index contributed by atoms with van der Waals surface area (Å²) >= 11 is 2.85. The van der Waals surface area contributed by atoms with Crippen molar-refractivity contribution in [1.82, 2.24) is 0 Å². The van der Waals surface area contributed by atoms with Crippen molar-refractivity contribution in [3.63, 3.8) is 0 Å². The van der Waals surface area contributed by atoms with Gasteiger partial charge in [0.25, 0.3) is 0 Å². The first-order chi connectivity index (χ1) is 7.13. The van der Waals surface area contributed by atoms with E-state index in [1.165, 1.54) is 6.07 Å². The summed E-state index contributed by atoms with van der Waals surface area (Å²) in [6, 6.07) is 6.00. The molecule has 0 N–H and O–H groups in total. The zero-order valence-electron chi connectivity index (χ0n) is 7.52. The van der Waals surface area contributed by atoms with Gasteiger partial charge in [-0.1, -0.05) is 12.0 Å². The molecule has 0 saturated heterocycles. The van der Waals surface area contributed by atoms with Crippen LogP contribution in [0.3, 0.4) is 0 Å². The number of rotatable bonds is 0. The lowest BCUT2D eigenvalue weighted by molar-refractivity contribution is 0.581. The van der Waals surface area contributed by atoms with Gasteiger partial charge in [-0.25, -0.2) is 8.78 Å². The van der Waals surface area contributed by atoms with Gasteiger partial charge in [-0.2, -0.15) is 0 Å². The van der Waals surface area contributed by atoms with Crippen LogP contribution in [0.5, 0.6) is 0 Å². The molecule has 0 aliphatic carbocycles. The van der Waals surface area contributed by atoms with Crippen LogP contribution in [0, 0.1) is 24.0 Å². The van der Waals surface area contributed by atoms with E-state index in [1.54, 1.807) is 18.2 Å². The van der Waals surface area contributed by atoms with Crippen molar-refractivity contribution in [3.8, 4) is 12.3 Å². The maximum Gasteiger partial charge on any atom is 0.148 e. The van der Waals surface area contributed by atoms with Crippen LogP contribution in [-0.2, 0) is 0 Å². The summed E-state index contributed by atoms with van der Waals surface area (Å²) in [4.78, 5) is 0. The molecule has 0 unspecified atom stereocenters. The van der Waals surface area contributed by atoms with Crippen LogP contribution in [0.1, 0.15) is 5.56 Å². The van der Waals surface area contributed by atoms with Crippen LogP contribution < -0.4 is 0 Å². The van der Waals surface area contributed by atoms with Gasteiger partial charge in [0.1, 0.15) is 11.6 Å². The average Bonchev–Trinajstić information content (AvgIpc) is 2.25. The molecule has 0 aliphatic heterocycles. The molecule has 0 bridgehead atoms. The fourth-order valence-corrected chi connectivity index (χ4v) is 1.72. The van der Waals surface area contributed by atoms with Gasteiger partial charge in [-0.05, 0) is 39.5 Å². The Morgan fingerprint density at radius 2 is 1.93 bits per heavy atom. The molecule has 2 aromatic carbocycles. The van der Waals surface area contributed by atoms with Gasteiger partial charge >= 0.3 is 0 Å². The van der Waals surface area contributed by atoms with E-state index in [1.807, 2.05) is 0 Å². The Hall–Kier alpha value is -1.40. The van der Waals surface area contributed by atoms with Gasteiger partial charge in [0.05, 0.1) is 4.47 Å². The lowest BCUT2D eigenvalue weighted by Crippen LogP contribution is -1.88. The fraction of sp³-hybridized carbons (Fsp3) is 0. The van der Waals surface area contributed by atoms with Crippen LogP contribution in [-0.4, -0.2) is 0 Å². The summed E-state index contributed by atoms with van der Waals surface area (Å²) < 4.78 is 26.6. The Kier molecular flexibility index (Phi) is 2.45. The zero-order valence-corrected chi connectivity index (χ0v) is 9.11. The zero-order chi connectivity index (χ0) is 11.0. The molecule has 0 nitrogen and oxygen atoms in total. The molecule has 0 heterocycles. The highest BCUT2D eigenvalue weighted by atomic mass is 79.9. The van der Waals surface area contributed by atoms with Crippen molar-refractivity contribution in [3.05, 3.63) is 45.9 Å². The summed E-state index contributed by atoms with van der Waals surface area (Å²) in [5, 5.41) is 0.811. The summed E-state index contributed by atoms with van der Waals surface area (Å²) in [5.41, 5.74) is 0.601. The van der Waals surface area contributed by atoms with Crippen LogP contribution in [0.4, 0.5) is 8.78 Å². The number of hydrogen-bond donors (Lipinski definition) is 0. The van der Waals surface area contributed by atoms with Gasteiger partial charge in [-0.3, -0.25) is 0 Å². The molecule has 0 aliphatic rings. The molecule has 74 valence electrons. The van der Waals surface area contributed by atoms with Gasteiger partial charge in [-0.15, -0.1) is 6.42 Å². The Morgan fingerprint density at radius 1 is 1.20 bits per heavy atom. The number of terminal acetylenes is 1. The topological polar surface area (TPSA) is 0 Å². The van der Waals surface area contributed by atoms with Crippen molar-refractivity contribution in [1.29, 1.82) is 0 Å². The number of benzene rings is 2. The minimum atomic E-state index is -0.630. The summed E-state index contributed by atoms with van der Waals surface area (Å²) in [6.45, 7) is 0. The molecule has 0 amide bonds. The highest BCUT2D eigenvalue weighted by molar-refractivity contribution is 9.10. The summed E-state index contributed by atoms with van der Waals surface area (Å²) in [5.74, 6) is 1.18. The van der Waals surface area contributed by atoms with Crippen molar-refractivity contribution in [2.75, 3.05) is 0 Å². The van der Waals surface area contributed by atoms with Gasteiger partial charge in [0.2, 0.25) is 0 Å². The number of hydrogen-bond acceptors (Lipinski definition) is 0. The van der Waals surface area contributed by atoms with E-state index in [0.717, 1.165) is 0 Å². The molecule has 0 spiro atoms. The Bertz CT molecular complexity index is 582. The van der Waals surface area contributed by atoms with E-state index < -0.39 is 11.6 Å². The Labute approximate surface area is 94.0 Å². The van der Waals surface area contributed by atoms with E-state index >= 15 is 0 Å². The second-order valence-corrected chi connectivity index (χ2v) is 3.86. The van der Waals surface area contributed by atoms with Crippen molar-refractivity contribution in [2.24, 2.45) is 0 Å². The third-order valence-electron chi connectivity index (χ3n) is 2.14. The molecule has 15 heavy (non-hydrogen) atoms. The third-order valence-corrected chi connectivity index (χ3v) is 2.87. The first-order valence-electron chi connectivity index (χ1n) is 4.17. The Balaban J connectivity index is 2.87. The smallest absolute Gasteiger partial charge is 0.148 e. The molecule has 0 atom stereocenters. The largest absolute Gasteiger partial charge is 0.206 e. The maximum absolute atomic E-state index is 13.6. The highest BCUT2D eigenvalue weighted by Gasteiger charge is 2.10. The molecule has 3 heteroatoms. The minimum Gasteiger partial charge on any atom is -0.206 e. The van der Waals surface area contributed by atoms with Crippen LogP contribution >= 0.6 is 15.9 Å². The van der Waals surface area contributed by atoms with Crippen molar-refractivity contribution < 1.29 is 8.78 Å². The molecule has 2 aromatic rings. The monoisotopic (exact) mass is 266 g/mol. The second-order valence-electron chi connectivity index (χ2n) is 3.07. The quantitative estimate of drug-likeness (QED) is 0.502. The van der Waals surface area contributed by atoms with E-state index in [2.05, 4.69) is 21.9 Å². The molecule has 0 aromatic heterocycles. The molecule has 0 saturated carbocycles. The lowest BCUT2D eigenvalue weighted by atomic mass is 10.1. The van der Waals surface area contributed by atoms with E-state index in [4.69, 9.17) is 6.42 Å². The molecule has 0 radical (unpaired) electrons. The van der Waals surface area contributed by atoms with Gasteiger partial charge < -0.3 is 0 Å². The van der Waals surface area contributed by atoms with E-state index in [-0.39, 0.29) is 4.47 Å². The SMILES string of the molecule is C#Cc1ccc2c(F)c(Br)c(F)cc2c1. The third kappa shape index (κ3) is 1.62. The first-order valence-corrected chi connectivity index (χ1v) is 4.96. The lowest BCUT2D eigenvalue weighted by Gasteiger charge is -2.03. The normalized spacial score (nSPS) is 10.3. The number of halogens is 3. The van der Waals surface area contributed by atoms with E-state index in [9.17, 15) is 8.78 Å². The van der Waals surface area contributed by atoms with Crippen molar-refractivity contribution >= 4 is 26.7 Å².